The molecule has 13 rings (SSSR count). The number of anilines is 3. The minimum absolute atomic E-state index is 0.412. The van der Waals surface area contributed by atoms with Gasteiger partial charge in [-0.25, -0.2) is 0 Å². The molecule has 2 aromatic heterocycles. The minimum atomic E-state index is -0.412. The first-order chi connectivity index (χ1) is 29.8. The molecule has 1 spiro atoms. The minimum Gasteiger partial charge on any atom is -0.315 e. The highest BCUT2D eigenvalue weighted by molar-refractivity contribution is 6.18. The molecular weight excluding hydrogens is 727 g/mol. The standard InChI is InChI=1S/C57H37N3/c1-3-15-40(16-4-1)59(43-32-34-47-46-21-9-13-25-52(46)57(53(47)37-43)50-23-11-7-19-44(50)45-20-8-12-24-51(45)57)42-30-28-39(29-31-42)58-36-35-38-27-33-49-48-22-10-14-26-54(48)60(56(49)55(38)58)41-17-5-2-6-18-41/h1-37H. The van der Waals surface area contributed by atoms with Crippen LogP contribution in [-0.2, 0) is 5.41 Å². The molecule has 0 amide bonds. The van der Waals surface area contributed by atoms with E-state index >= 15 is 0 Å². The fourth-order valence-corrected chi connectivity index (χ4v) is 10.7. The summed E-state index contributed by atoms with van der Waals surface area (Å²) >= 11 is 0. The lowest BCUT2D eigenvalue weighted by Gasteiger charge is -2.32. The van der Waals surface area contributed by atoms with E-state index in [1.54, 1.807) is 0 Å². The van der Waals surface area contributed by atoms with Crippen molar-refractivity contribution in [2.75, 3.05) is 4.90 Å². The molecule has 9 aromatic carbocycles. The quantitative estimate of drug-likeness (QED) is 0.170. The summed E-state index contributed by atoms with van der Waals surface area (Å²) in [5.41, 5.74) is 19.4. The monoisotopic (exact) mass is 763 g/mol. The van der Waals surface area contributed by atoms with Gasteiger partial charge in [-0.1, -0.05) is 146 Å². The predicted octanol–water partition coefficient (Wildman–Crippen LogP) is 14.5. The Balaban J connectivity index is 0.992. The normalized spacial score (nSPS) is 13.1. The first-order valence-corrected chi connectivity index (χ1v) is 20.8. The van der Waals surface area contributed by atoms with E-state index in [0.29, 0.717) is 0 Å². The second-order valence-electron chi connectivity index (χ2n) is 16.1. The maximum absolute atomic E-state index is 2.47. The molecule has 0 radical (unpaired) electrons. The third kappa shape index (κ3) is 4.44. The average Bonchev–Trinajstić information content (AvgIpc) is 4.06. The molecular formula is C57H37N3. The van der Waals surface area contributed by atoms with Gasteiger partial charge in [-0.05, 0) is 117 Å². The maximum atomic E-state index is 2.47. The van der Waals surface area contributed by atoms with Gasteiger partial charge < -0.3 is 14.0 Å². The Hall–Kier alpha value is -7.88. The molecule has 3 heteroatoms. The van der Waals surface area contributed by atoms with E-state index in [0.717, 1.165) is 28.4 Å². The third-order valence-corrected chi connectivity index (χ3v) is 13.1. The molecule has 0 unspecified atom stereocenters. The molecule has 0 saturated heterocycles. The van der Waals surface area contributed by atoms with Crippen LogP contribution in [0.4, 0.5) is 17.1 Å². The summed E-state index contributed by atoms with van der Waals surface area (Å²) in [5.74, 6) is 0. The highest BCUT2D eigenvalue weighted by atomic mass is 15.1. The average molecular weight is 764 g/mol. The van der Waals surface area contributed by atoms with E-state index < -0.39 is 5.41 Å². The Bertz CT molecular complexity index is 3420. The van der Waals surface area contributed by atoms with E-state index in [9.17, 15) is 0 Å². The van der Waals surface area contributed by atoms with Crippen LogP contribution in [0.3, 0.4) is 0 Å². The topological polar surface area (TPSA) is 13.1 Å². The molecule has 11 aromatic rings. The van der Waals surface area contributed by atoms with Gasteiger partial charge in [0.15, 0.2) is 0 Å². The van der Waals surface area contributed by atoms with Crippen molar-refractivity contribution in [3.63, 3.8) is 0 Å². The van der Waals surface area contributed by atoms with E-state index in [2.05, 4.69) is 239 Å². The Morgan fingerprint density at radius 3 is 1.58 bits per heavy atom. The van der Waals surface area contributed by atoms with Crippen molar-refractivity contribution in [2.45, 2.75) is 5.41 Å². The number of hydrogen-bond acceptors (Lipinski definition) is 1. The number of hydrogen-bond donors (Lipinski definition) is 0. The number of aromatic nitrogens is 2. The van der Waals surface area contributed by atoms with Gasteiger partial charge in [-0.15, -0.1) is 0 Å². The lowest BCUT2D eigenvalue weighted by atomic mass is 9.70. The van der Waals surface area contributed by atoms with Gasteiger partial charge in [-0.2, -0.15) is 0 Å². The van der Waals surface area contributed by atoms with E-state index in [4.69, 9.17) is 0 Å². The van der Waals surface area contributed by atoms with Gasteiger partial charge in [0.25, 0.3) is 0 Å². The summed E-state index contributed by atoms with van der Waals surface area (Å²) < 4.78 is 4.78. The molecule has 3 nitrogen and oxygen atoms in total. The van der Waals surface area contributed by atoms with Crippen LogP contribution in [0.5, 0.6) is 0 Å². The first kappa shape index (κ1) is 33.1. The zero-order chi connectivity index (χ0) is 39.4. The smallest absolute Gasteiger partial charge is 0.0788 e. The lowest BCUT2D eigenvalue weighted by Crippen LogP contribution is -2.26. The SMILES string of the molecule is c1ccc(N(c2ccc(-n3ccc4ccc5c6ccccc6n(-c6ccccc6)c5c43)cc2)c2ccc3c(c2)C2(c4ccccc4-c4ccccc42)c2ccccc2-3)cc1. The fraction of sp³-hybridized carbons (Fsp3) is 0.0175. The highest BCUT2D eigenvalue weighted by Gasteiger charge is 2.51. The molecule has 280 valence electrons. The Morgan fingerprint density at radius 1 is 0.350 bits per heavy atom. The van der Waals surface area contributed by atoms with Crippen LogP contribution in [0.15, 0.2) is 225 Å². The second kappa shape index (κ2) is 12.6. The first-order valence-electron chi connectivity index (χ1n) is 20.8. The Kier molecular flexibility index (Phi) is 6.93. The highest BCUT2D eigenvalue weighted by Crippen LogP contribution is 2.63. The van der Waals surface area contributed by atoms with Crippen LogP contribution in [0, 0.1) is 0 Å². The van der Waals surface area contributed by atoms with Crippen molar-refractivity contribution in [1.82, 2.24) is 9.13 Å². The molecule has 0 fully saturated rings. The van der Waals surface area contributed by atoms with Crippen molar-refractivity contribution in [3.8, 4) is 33.6 Å². The zero-order valence-corrected chi connectivity index (χ0v) is 32.7. The van der Waals surface area contributed by atoms with Crippen molar-refractivity contribution < 1.29 is 0 Å². The van der Waals surface area contributed by atoms with E-state index in [-0.39, 0.29) is 0 Å². The van der Waals surface area contributed by atoms with Crippen LogP contribution in [0.1, 0.15) is 22.3 Å². The summed E-state index contributed by atoms with van der Waals surface area (Å²) in [4.78, 5) is 2.41. The Labute approximate surface area is 348 Å². The number of fused-ring (bicyclic) bond motifs is 15. The van der Waals surface area contributed by atoms with Crippen molar-refractivity contribution >= 4 is 49.8 Å². The van der Waals surface area contributed by atoms with E-state index in [1.807, 2.05) is 0 Å². The number of para-hydroxylation sites is 3. The van der Waals surface area contributed by atoms with Gasteiger partial charge in [0.05, 0.1) is 22.0 Å². The van der Waals surface area contributed by atoms with Crippen LogP contribution >= 0.6 is 0 Å². The lowest BCUT2D eigenvalue weighted by molar-refractivity contribution is 0.793. The van der Waals surface area contributed by atoms with Gasteiger partial charge in [0, 0.05) is 50.8 Å². The zero-order valence-electron chi connectivity index (χ0n) is 32.7. The maximum Gasteiger partial charge on any atom is 0.0788 e. The fourth-order valence-electron chi connectivity index (χ4n) is 10.7. The predicted molar refractivity (Wildman–Crippen MR) is 249 cm³/mol. The third-order valence-electron chi connectivity index (χ3n) is 13.1. The molecule has 0 aliphatic heterocycles. The summed E-state index contributed by atoms with van der Waals surface area (Å²) in [5, 5.41) is 3.71. The largest absolute Gasteiger partial charge is 0.315 e. The van der Waals surface area contributed by atoms with Crippen molar-refractivity contribution in [3.05, 3.63) is 247 Å². The van der Waals surface area contributed by atoms with Gasteiger partial charge in [0.1, 0.15) is 0 Å². The number of benzene rings is 9. The summed E-state index contributed by atoms with van der Waals surface area (Å²) in [6, 6.07) is 80.4. The van der Waals surface area contributed by atoms with Crippen molar-refractivity contribution in [2.24, 2.45) is 0 Å². The Morgan fingerprint density at radius 2 is 0.900 bits per heavy atom. The van der Waals surface area contributed by atoms with Crippen LogP contribution in [-0.4, -0.2) is 9.13 Å². The molecule has 2 heterocycles. The molecule has 60 heavy (non-hydrogen) atoms. The van der Waals surface area contributed by atoms with Crippen LogP contribution < -0.4 is 4.90 Å². The summed E-state index contributed by atoms with van der Waals surface area (Å²) in [6.45, 7) is 0. The van der Waals surface area contributed by atoms with Crippen molar-refractivity contribution in [1.29, 1.82) is 0 Å². The summed E-state index contributed by atoms with van der Waals surface area (Å²) in [6.07, 6.45) is 2.22. The molecule has 0 N–H and O–H groups in total. The van der Waals surface area contributed by atoms with Crippen LogP contribution in [0.25, 0.3) is 66.3 Å². The van der Waals surface area contributed by atoms with Gasteiger partial charge >= 0.3 is 0 Å². The van der Waals surface area contributed by atoms with Gasteiger partial charge in [-0.3, -0.25) is 0 Å². The summed E-state index contributed by atoms with van der Waals surface area (Å²) in [7, 11) is 0. The molecule has 0 saturated carbocycles. The number of nitrogens with zero attached hydrogens (tertiary/aromatic N) is 3. The van der Waals surface area contributed by atoms with Gasteiger partial charge in [0.2, 0.25) is 0 Å². The molecule has 2 aliphatic carbocycles. The van der Waals surface area contributed by atoms with Crippen LogP contribution in [0.2, 0.25) is 0 Å². The molecule has 0 atom stereocenters. The number of rotatable bonds is 5. The molecule has 0 bridgehead atoms. The second-order valence-corrected chi connectivity index (χ2v) is 16.1. The van der Waals surface area contributed by atoms with E-state index in [1.165, 1.54) is 77.2 Å². The molecule has 2 aliphatic rings.